The Morgan fingerprint density at radius 3 is 2.55 bits per heavy atom. The van der Waals surface area contributed by atoms with Crippen LogP contribution < -0.4 is 5.32 Å². The first kappa shape index (κ1) is 26.1. The summed E-state index contributed by atoms with van der Waals surface area (Å²) in [7, 11) is 1.34. The molecule has 0 radical (unpaired) electrons. The summed E-state index contributed by atoms with van der Waals surface area (Å²) in [6.07, 6.45) is -0.0821. The van der Waals surface area contributed by atoms with Crippen LogP contribution in [-0.2, 0) is 25.6 Å². The number of thioether (sulfide) groups is 2. The molecule has 0 spiro atoms. The zero-order chi connectivity index (χ0) is 23.6. The Kier molecular flexibility index (Phi) is 10.5. The normalized spacial score (nSPS) is 16.4. The van der Waals surface area contributed by atoms with Gasteiger partial charge in [-0.2, -0.15) is 0 Å². The van der Waals surface area contributed by atoms with Crippen molar-refractivity contribution < 1.29 is 19.1 Å². The van der Waals surface area contributed by atoms with Crippen molar-refractivity contribution in [3.8, 4) is 0 Å². The fraction of sp³-hybridized carbons (Fsp3) is 0.429. The number of carbonyl (C=O) groups is 2. The van der Waals surface area contributed by atoms with E-state index in [2.05, 4.69) is 25.2 Å². The standard InChI is InChI=1S/C21H24Cl2N4O4S2/c1-30-21(29)13-33-20-5-4-19(25-26-20)32-12-18(28)24-9-15-11-27(6-7-31-15)10-14-2-3-16(22)17(23)8-14/h2-5,8,15H,6-7,9-13H2,1H3,(H,24,28)/t15-/m0/s1. The van der Waals surface area contributed by atoms with Gasteiger partial charge < -0.3 is 14.8 Å². The number of halogens is 2. The van der Waals surface area contributed by atoms with Gasteiger partial charge in [0.25, 0.3) is 0 Å². The first-order valence-corrected chi connectivity index (χ1v) is 12.9. The number of benzene rings is 1. The fourth-order valence-corrected chi connectivity index (χ4v) is 4.63. The van der Waals surface area contributed by atoms with Crippen LogP contribution in [-0.4, -0.2) is 77.9 Å². The maximum Gasteiger partial charge on any atom is 0.316 e. The monoisotopic (exact) mass is 530 g/mol. The third-order valence-electron chi connectivity index (χ3n) is 4.67. The average molecular weight is 531 g/mol. The van der Waals surface area contributed by atoms with E-state index < -0.39 is 0 Å². The lowest BCUT2D eigenvalue weighted by atomic mass is 10.2. The van der Waals surface area contributed by atoms with Crippen molar-refractivity contribution in [1.29, 1.82) is 0 Å². The maximum absolute atomic E-state index is 12.2. The predicted molar refractivity (Wildman–Crippen MR) is 130 cm³/mol. The highest BCUT2D eigenvalue weighted by molar-refractivity contribution is 8.00. The minimum atomic E-state index is -0.323. The van der Waals surface area contributed by atoms with Gasteiger partial charge in [0.1, 0.15) is 10.1 Å². The molecule has 1 saturated heterocycles. The summed E-state index contributed by atoms with van der Waals surface area (Å²) < 4.78 is 10.4. The molecule has 3 rings (SSSR count). The maximum atomic E-state index is 12.2. The van der Waals surface area contributed by atoms with Gasteiger partial charge in [0.05, 0.1) is 41.4 Å². The van der Waals surface area contributed by atoms with Crippen molar-refractivity contribution >= 4 is 58.6 Å². The van der Waals surface area contributed by atoms with Gasteiger partial charge in [-0.05, 0) is 29.8 Å². The summed E-state index contributed by atoms with van der Waals surface area (Å²) in [4.78, 5) is 25.7. The number of ether oxygens (including phenoxy) is 2. The molecule has 0 unspecified atom stereocenters. The van der Waals surface area contributed by atoms with Gasteiger partial charge in [0, 0.05) is 26.2 Å². The van der Waals surface area contributed by atoms with E-state index in [1.807, 2.05) is 12.1 Å². The Morgan fingerprint density at radius 1 is 1.15 bits per heavy atom. The number of hydrogen-bond acceptors (Lipinski definition) is 9. The second kappa shape index (κ2) is 13.4. The van der Waals surface area contributed by atoms with Crippen molar-refractivity contribution in [3.63, 3.8) is 0 Å². The molecule has 1 aliphatic rings. The van der Waals surface area contributed by atoms with Gasteiger partial charge in [-0.3, -0.25) is 14.5 Å². The van der Waals surface area contributed by atoms with Crippen LogP contribution >= 0.6 is 46.7 Å². The Bertz CT molecular complexity index is 952. The summed E-state index contributed by atoms with van der Waals surface area (Å²) in [5.41, 5.74) is 1.08. The molecular weight excluding hydrogens is 507 g/mol. The molecule has 1 fully saturated rings. The number of carbonyl (C=O) groups excluding carboxylic acids is 2. The lowest BCUT2D eigenvalue weighted by Gasteiger charge is -2.33. The van der Waals surface area contributed by atoms with Crippen molar-refractivity contribution in [2.75, 3.05) is 44.9 Å². The fourth-order valence-electron chi connectivity index (χ4n) is 3.02. The number of esters is 1. The third kappa shape index (κ3) is 8.95. The van der Waals surface area contributed by atoms with Crippen LogP contribution in [0.4, 0.5) is 0 Å². The molecule has 12 heteroatoms. The first-order valence-electron chi connectivity index (χ1n) is 10.1. The average Bonchev–Trinajstić information content (AvgIpc) is 2.83. The van der Waals surface area contributed by atoms with Gasteiger partial charge in [-0.15, -0.1) is 10.2 Å². The molecule has 1 aromatic carbocycles. The first-order chi connectivity index (χ1) is 15.9. The van der Waals surface area contributed by atoms with E-state index >= 15 is 0 Å². The van der Waals surface area contributed by atoms with E-state index in [1.54, 1.807) is 18.2 Å². The number of amides is 1. The molecule has 178 valence electrons. The van der Waals surface area contributed by atoms with Crippen molar-refractivity contribution in [1.82, 2.24) is 20.4 Å². The molecule has 2 heterocycles. The van der Waals surface area contributed by atoms with E-state index in [0.717, 1.165) is 18.7 Å². The summed E-state index contributed by atoms with van der Waals surface area (Å²) in [6, 6.07) is 9.18. The summed E-state index contributed by atoms with van der Waals surface area (Å²) in [6.45, 7) is 3.31. The van der Waals surface area contributed by atoms with E-state index in [0.29, 0.717) is 39.8 Å². The highest BCUT2D eigenvalue weighted by Crippen LogP contribution is 2.24. The minimum absolute atomic E-state index is 0.0821. The Hall–Kier alpha value is -1.56. The van der Waals surface area contributed by atoms with E-state index in [9.17, 15) is 9.59 Å². The quantitative estimate of drug-likeness (QED) is 0.367. The second-order valence-electron chi connectivity index (χ2n) is 7.14. The van der Waals surface area contributed by atoms with Crippen LogP contribution in [0.1, 0.15) is 5.56 Å². The number of nitrogens with one attached hydrogen (secondary N) is 1. The van der Waals surface area contributed by atoms with E-state index in [-0.39, 0.29) is 29.5 Å². The Balaban J connectivity index is 1.36. The smallest absolute Gasteiger partial charge is 0.316 e. The van der Waals surface area contributed by atoms with Crippen LogP contribution in [0.25, 0.3) is 0 Å². The molecule has 1 amide bonds. The van der Waals surface area contributed by atoms with Crippen LogP contribution in [0.15, 0.2) is 40.4 Å². The zero-order valence-corrected chi connectivity index (χ0v) is 21.1. The molecular formula is C21H24Cl2N4O4S2. The van der Waals surface area contributed by atoms with E-state index in [4.69, 9.17) is 27.9 Å². The Morgan fingerprint density at radius 2 is 1.88 bits per heavy atom. The molecule has 0 bridgehead atoms. The van der Waals surface area contributed by atoms with Crippen molar-refractivity contribution in [2.45, 2.75) is 22.7 Å². The van der Waals surface area contributed by atoms with Gasteiger partial charge in [-0.1, -0.05) is 52.8 Å². The molecule has 33 heavy (non-hydrogen) atoms. The predicted octanol–water partition coefficient (Wildman–Crippen LogP) is 3.16. The number of nitrogens with zero attached hydrogens (tertiary/aromatic N) is 3. The number of rotatable bonds is 10. The minimum Gasteiger partial charge on any atom is -0.468 e. The highest BCUT2D eigenvalue weighted by atomic mass is 35.5. The number of hydrogen-bond donors (Lipinski definition) is 1. The lowest BCUT2D eigenvalue weighted by Crippen LogP contribution is -2.47. The molecule has 1 aliphatic heterocycles. The SMILES string of the molecule is COC(=O)CSc1ccc(SCC(=O)NC[C@H]2CN(Cc3ccc(Cl)c(Cl)c3)CCO2)nn1. The topological polar surface area (TPSA) is 93.7 Å². The van der Waals surface area contributed by atoms with Gasteiger partial charge in [0.2, 0.25) is 5.91 Å². The third-order valence-corrected chi connectivity index (χ3v) is 7.22. The zero-order valence-electron chi connectivity index (χ0n) is 18.0. The largest absolute Gasteiger partial charge is 0.468 e. The molecule has 1 aromatic heterocycles. The van der Waals surface area contributed by atoms with Crippen LogP contribution in [0.2, 0.25) is 10.0 Å². The summed E-state index contributed by atoms with van der Waals surface area (Å²) >= 11 is 14.6. The van der Waals surface area contributed by atoms with Crippen LogP contribution in [0.3, 0.4) is 0 Å². The number of aromatic nitrogens is 2. The molecule has 0 aliphatic carbocycles. The number of morpholine rings is 1. The van der Waals surface area contributed by atoms with Crippen molar-refractivity contribution in [2.24, 2.45) is 0 Å². The molecule has 1 atom stereocenters. The van der Waals surface area contributed by atoms with Crippen LogP contribution in [0.5, 0.6) is 0 Å². The molecule has 2 aromatic rings. The van der Waals surface area contributed by atoms with Crippen LogP contribution in [0, 0.1) is 0 Å². The lowest BCUT2D eigenvalue weighted by molar-refractivity contribution is -0.137. The molecule has 1 N–H and O–H groups in total. The number of methoxy groups -OCH3 is 1. The molecule has 0 saturated carbocycles. The summed E-state index contributed by atoms with van der Waals surface area (Å²) in [5.74, 6) is -0.0236. The van der Waals surface area contributed by atoms with Gasteiger partial charge >= 0.3 is 5.97 Å². The van der Waals surface area contributed by atoms with Crippen molar-refractivity contribution in [3.05, 3.63) is 45.9 Å². The summed E-state index contributed by atoms with van der Waals surface area (Å²) in [5, 5.41) is 13.4. The highest BCUT2D eigenvalue weighted by Gasteiger charge is 2.21. The van der Waals surface area contributed by atoms with Gasteiger partial charge in [-0.25, -0.2) is 0 Å². The molecule has 8 nitrogen and oxygen atoms in total. The van der Waals surface area contributed by atoms with Gasteiger partial charge in [0.15, 0.2) is 0 Å². The van der Waals surface area contributed by atoms with E-state index in [1.165, 1.54) is 30.6 Å². The Labute approximate surface area is 211 Å². The second-order valence-corrected chi connectivity index (χ2v) is 9.95.